The van der Waals surface area contributed by atoms with Gasteiger partial charge in [0, 0.05) is 15.5 Å². The minimum atomic E-state index is -1.15. The zero-order valence-corrected chi connectivity index (χ0v) is 18.2. The van der Waals surface area contributed by atoms with Gasteiger partial charge in [-0.2, -0.15) is 0 Å². The van der Waals surface area contributed by atoms with Crippen molar-refractivity contribution in [1.82, 2.24) is 9.55 Å². The average molecular weight is 443 g/mol. The number of hydrogen-bond donors (Lipinski definition) is 1. The molecule has 0 spiro atoms. The Bertz CT molecular complexity index is 1350. The van der Waals surface area contributed by atoms with E-state index in [9.17, 15) is 9.59 Å². The molecule has 4 rings (SSSR count). The number of aryl methyl sites for hydroxylation is 3. The highest BCUT2D eigenvalue weighted by molar-refractivity contribution is 7.19. The van der Waals surface area contributed by atoms with Crippen LogP contribution in [0.25, 0.3) is 21.3 Å². The van der Waals surface area contributed by atoms with E-state index in [2.05, 4.69) is 11.9 Å². The molecule has 6 nitrogen and oxygen atoms in total. The van der Waals surface area contributed by atoms with Crippen molar-refractivity contribution in [3.8, 4) is 11.1 Å². The van der Waals surface area contributed by atoms with Crippen LogP contribution in [0, 0.1) is 13.8 Å². The molecule has 0 bridgehead atoms. The van der Waals surface area contributed by atoms with Crippen LogP contribution in [0.5, 0.6) is 0 Å². The first kappa shape index (κ1) is 20.4. The Morgan fingerprint density at radius 1 is 1.27 bits per heavy atom. The zero-order valence-electron chi connectivity index (χ0n) is 16.7. The molecule has 0 amide bonds. The van der Waals surface area contributed by atoms with Crippen molar-refractivity contribution in [3.05, 3.63) is 73.5 Å². The lowest BCUT2D eigenvalue weighted by Crippen LogP contribution is -2.24. The summed E-state index contributed by atoms with van der Waals surface area (Å²) < 4.78 is 6.86. The molecule has 0 fully saturated rings. The summed E-state index contributed by atoms with van der Waals surface area (Å²) in [4.78, 5) is 31.0. The smallest absolute Gasteiger partial charge is 0.371 e. The van der Waals surface area contributed by atoms with Crippen LogP contribution in [-0.4, -0.2) is 20.6 Å². The summed E-state index contributed by atoms with van der Waals surface area (Å²) in [6.07, 6.45) is 0.774. The molecule has 0 aliphatic rings. The Kier molecular flexibility index (Phi) is 5.26. The van der Waals surface area contributed by atoms with E-state index in [1.54, 1.807) is 13.0 Å². The predicted octanol–water partition coefficient (Wildman–Crippen LogP) is 5.30. The highest BCUT2D eigenvalue weighted by atomic mass is 35.5. The van der Waals surface area contributed by atoms with Gasteiger partial charge in [-0.05, 0) is 55.7 Å². The van der Waals surface area contributed by atoms with Crippen molar-refractivity contribution < 1.29 is 14.3 Å². The zero-order chi connectivity index (χ0) is 21.6. The Labute approximate surface area is 181 Å². The van der Waals surface area contributed by atoms with E-state index in [1.807, 2.05) is 25.1 Å². The van der Waals surface area contributed by atoms with Gasteiger partial charge in [0.05, 0.1) is 11.9 Å². The van der Waals surface area contributed by atoms with Gasteiger partial charge in [-0.3, -0.25) is 9.36 Å². The highest BCUT2D eigenvalue weighted by Gasteiger charge is 2.21. The molecule has 0 unspecified atom stereocenters. The van der Waals surface area contributed by atoms with Crippen molar-refractivity contribution in [2.75, 3.05) is 0 Å². The highest BCUT2D eigenvalue weighted by Crippen LogP contribution is 2.38. The monoisotopic (exact) mass is 442 g/mol. The summed E-state index contributed by atoms with van der Waals surface area (Å²) in [5.74, 6) is -0.382. The molecule has 0 atom stereocenters. The van der Waals surface area contributed by atoms with Gasteiger partial charge in [0.25, 0.3) is 5.56 Å². The summed E-state index contributed by atoms with van der Waals surface area (Å²) in [5.41, 5.74) is 2.58. The van der Waals surface area contributed by atoms with Crippen LogP contribution in [0.2, 0.25) is 5.02 Å². The molecular formula is C22H19ClN2O4S. The number of nitrogens with zero attached hydrogens (tertiary/aromatic N) is 2. The van der Waals surface area contributed by atoms with Crippen LogP contribution in [0.1, 0.15) is 39.5 Å². The quantitative estimate of drug-likeness (QED) is 0.453. The molecule has 8 heteroatoms. The van der Waals surface area contributed by atoms with Crippen molar-refractivity contribution in [3.63, 3.8) is 0 Å². The largest absolute Gasteiger partial charge is 0.475 e. The van der Waals surface area contributed by atoms with Crippen molar-refractivity contribution >= 4 is 39.1 Å². The number of furan rings is 1. The summed E-state index contributed by atoms with van der Waals surface area (Å²) in [7, 11) is 0. The van der Waals surface area contributed by atoms with Crippen LogP contribution < -0.4 is 5.56 Å². The lowest BCUT2D eigenvalue weighted by molar-refractivity contribution is 0.0660. The molecule has 30 heavy (non-hydrogen) atoms. The second kappa shape index (κ2) is 7.74. The topological polar surface area (TPSA) is 85.3 Å². The fraction of sp³-hybridized carbons (Fsp3) is 0.227. The fourth-order valence-corrected chi connectivity index (χ4v) is 4.79. The Hall–Kier alpha value is -2.90. The summed E-state index contributed by atoms with van der Waals surface area (Å²) >= 11 is 7.72. The average Bonchev–Trinajstić information content (AvgIpc) is 3.32. The van der Waals surface area contributed by atoms with Gasteiger partial charge in [0.2, 0.25) is 5.76 Å². The van der Waals surface area contributed by atoms with Gasteiger partial charge in [-0.15, -0.1) is 11.3 Å². The third-order valence-electron chi connectivity index (χ3n) is 5.03. The molecule has 4 aromatic rings. The SMILES string of the molecule is CCc1sc2nc(C)n(Cc3ccc(C(=O)O)o3)c(=O)c2c1-c1ccc(Cl)c(C)c1. The van der Waals surface area contributed by atoms with E-state index < -0.39 is 5.97 Å². The fourth-order valence-electron chi connectivity index (χ4n) is 3.51. The summed E-state index contributed by atoms with van der Waals surface area (Å²) in [5, 5.41) is 10.3. The molecule has 1 aromatic carbocycles. The van der Waals surface area contributed by atoms with Gasteiger partial charge in [-0.25, -0.2) is 9.78 Å². The molecule has 3 aromatic heterocycles. The second-order valence-electron chi connectivity index (χ2n) is 7.02. The maximum atomic E-state index is 13.5. The van der Waals surface area contributed by atoms with Crippen LogP contribution in [0.3, 0.4) is 0 Å². The third-order valence-corrected chi connectivity index (χ3v) is 6.68. The normalized spacial score (nSPS) is 11.3. The first-order valence-corrected chi connectivity index (χ1v) is 10.6. The molecule has 1 N–H and O–H groups in total. The van der Waals surface area contributed by atoms with Gasteiger partial charge in [0.15, 0.2) is 0 Å². The van der Waals surface area contributed by atoms with Crippen LogP contribution in [0.15, 0.2) is 39.5 Å². The number of hydrogen-bond acceptors (Lipinski definition) is 5. The number of benzene rings is 1. The minimum absolute atomic E-state index is 0.108. The molecule has 0 saturated heterocycles. The van der Waals surface area contributed by atoms with Gasteiger partial charge in [-0.1, -0.05) is 24.6 Å². The van der Waals surface area contributed by atoms with Gasteiger partial charge < -0.3 is 9.52 Å². The van der Waals surface area contributed by atoms with Crippen molar-refractivity contribution in [2.24, 2.45) is 0 Å². The number of aromatic carboxylic acids is 1. The maximum absolute atomic E-state index is 13.5. The van der Waals surface area contributed by atoms with E-state index in [0.29, 0.717) is 26.8 Å². The van der Waals surface area contributed by atoms with E-state index in [0.717, 1.165) is 28.0 Å². The summed E-state index contributed by atoms with van der Waals surface area (Å²) in [6, 6.07) is 8.69. The van der Waals surface area contributed by atoms with Crippen molar-refractivity contribution in [1.29, 1.82) is 0 Å². The van der Waals surface area contributed by atoms with Crippen molar-refractivity contribution in [2.45, 2.75) is 33.7 Å². The number of fused-ring (bicyclic) bond motifs is 1. The van der Waals surface area contributed by atoms with E-state index in [4.69, 9.17) is 21.1 Å². The molecule has 0 radical (unpaired) electrons. The van der Waals surface area contributed by atoms with Gasteiger partial charge in [0.1, 0.15) is 16.4 Å². The predicted molar refractivity (Wildman–Crippen MR) is 118 cm³/mol. The molecule has 0 aliphatic carbocycles. The number of carbonyl (C=O) groups is 1. The Morgan fingerprint density at radius 2 is 2.03 bits per heavy atom. The standard InChI is InChI=1S/C22H19ClN2O4S/c1-4-17-18(13-5-7-15(23)11(2)9-13)19-20(30-17)24-12(3)25(21(19)26)10-14-6-8-16(29-14)22(27)28/h5-9H,4,10H2,1-3H3,(H,27,28). The van der Waals surface area contributed by atoms with Crippen LogP contribution in [0.4, 0.5) is 0 Å². The number of thiophene rings is 1. The molecule has 154 valence electrons. The van der Waals surface area contributed by atoms with E-state index in [-0.39, 0.29) is 17.9 Å². The summed E-state index contributed by atoms with van der Waals surface area (Å²) in [6.45, 7) is 5.86. The molecular weight excluding hydrogens is 424 g/mol. The number of carboxylic acid groups (broad SMARTS) is 1. The number of carboxylic acids is 1. The lowest BCUT2D eigenvalue weighted by Gasteiger charge is -2.10. The Balaban J connectivity index is 1.92. The Morgan fingerprint density at radius 3 is 2.67 bits per heavy atom. The van der Waals surface area contributed by atoms with Crippen LogP contribution >= 0.6 is 22.9 Å². The van der Waals surface area contributed by atoms with Gasteiger partial charge >= 0.3 is 5.97 Å². The van der Waals surface area contributed by atoms with E-state index in [1.165, 1.54) is 22.0 Å². The molecule has 0 aliphatic heterocycles. The number of halogens is 1. The maximum Gasteiger partial charge on any atom is 0.371 e. The van der Waals surface area contributed by atoms with E-state index >= 15 is 0 Å². The first-order valence-electron chi connectivity index (χ1n) is 9.41. The third kappa shape index (κ3) is 3.44. The molecule has 3 heterocycles. The number of rotatable bonds is 5. The lowest BCUT2D eigenvalue weighted by atomic mass is 10.0. The van der Waals surface area contributed by atoms with Crippen LogP contribution in [-0.2, 0) is 13.0 Å². The minimum Gasteiger partial charge on any atom is -0.475 e. The first-order chi connectivity index (χ1) is 14.3. The second-order valence-corrected chi connectivity index (χ2v) is 8.51. The molecule has 0 saturated carbocycles. The number of aromatic nitrogens is 2.